The zero-order valence-electron chi connectivity index (χ0n) is 16.1. The second-order valence-electron chi connectivity index (χ2n) is 6.95. The van der Waals surface area contributed by atoms with Crippen molar-refractivity contribution in [3.8, 4) is 0 Å². The topological polar surface area (TPSA) is 87.3 Å². The summed E-state index contributed by atoms with van der Waals surface area (Å²) < 4.78 is 27.9. The van der Waals surface area contributed by atoms with E-state index in [-0.39, 0.29) is 10.8 Å². The number of hydrogen-bond acceptors (Lipinski definition) is 4. The lowest BCUT2D eigenvalue weighted by Crippen LogP contribution is -2.29. The number of hydrogen-bond donors (Lipinski definition) is 3. The van der Waals surface area contributed by atoms with Crippen molar-refractivity contribution in [1.29, 1.82) is 0 Å². The molecule has 0 bridgehead atoms. The fraction of sp³-hybridized carbons (Fsp3) is 0.286. The number of carbonyl (C=O) groups is 1. The molecule has 0 spiro atoms. The highest BCUT2D eigenvalue weighted by atomic mass is 32.2. The molecule has 7 heteroatoms. The largest absolute Gasteiger partial charge is 0.348 e. The Hall–Kier alpha value is -2.64. The van der Waals surface area contributed by atoms with E-state index in [1.807, 2.05) is 13.0 Å². The Morgan fingerprint density at radius 3 is 2.54 bits per heavy atom. The standard InChI is InChI=1S/C21H25N3O3S/c1-15-3-4-16(2)20(13-15)28(26,27)24-19-7-5-18(6-8-19)21(25)23-14-17-9-11-22-12-10-17/h3-9,13,22,24H,10-12,14H2,1-2H3,(H,23,25). The molecular formula is C21H25N3O3S. The quantitative estimate of drug-likeness (QED) is 0.652. The van der Waals surface area contributed by atoms with Crippen molar-refractivity contribution < 1.29 is 13.2 Å². The number of sulfonamides is 1. The molecule has 0 fully saturated rings. The first kappa shape index (κ1) is 20.1. The summed E-state index contributed by atoms with van der Waals surface area (Å²) in [7, 11) is -3.69. The minimum Gasteiger partial charge on any atom is -0.348 e. The van der Waals surface area contributed by atoms with Gasteiger partial charge in [-0.1, -0.05) is 23.8 Å². The molecule has 0 saturated carbocycles. The van der Waals surface area contributed by atoms with Gasteiger partial charge >= 0.3 is 0 Å². The summed E-state index contributed by atoms with van der Waals surface area (Å²) in [6.07, 6.45) is 3.02. The number of anilines is 1. The lowest BCUT2D eigenvalue weighted by atomic mass is 10.1. The fourth-order valence-corrected chi connectivity index (χ4v) is 4.41. The molecule has 0 aliphatic carbocycles. The van der Waals surface area contributed by atoms with E-state index in [2.05, 4.69) is 21.4 Å². The number of aryl methyl sites for hydroxylation is 2. The molecule has 28 heavy (non-hydrogen) atoms. The van der Waals surface area contributed by atoms with Crippen molar-refractivity contribution in [3.05, 3.63) is 70.8 Å². The normalized spacial score (nSPS) is 14.3. The van der Waals surface area contributed by atoms with Crippen LogP contribution in [0, 0.1) is 13.8 Å². The van der Waals surface area contributed by atoms with Crippen molar-refractivity contribution in [2.75, 3.05) is 24.4 Å². The van der Waals surface area contributed by atoms with Crippen LogP contribution in [0.1, 0.15) is 27.9 Å². The first-order valence-corrected chi connectivity index (χ1v) is 10.7. The van der Waals surface area contributed by atoms with Gasteiger partial charge in [-0.15, -0.1) is 0 Å². The molecular weight excluding hydrogens is 374 g/mol. The third-order valence-electron chi connectivity index (χ3n) is 4.67. The third-order valence-corrected chi connectivity index (χ3v) is 6.19. The average Bonchev–Trinajstić information content (AvgIpc) is 2.69. The molecule has 2 aromatic carbocycles. The number of carbonyl (C=O) groups excluding carboxylic acids is 1. The lowest BCUT2D eigenvalue weighted by Gasteiger charge is -2.15. The molecule has 1 amide bonds. The number of amides is 1. The van der Waals surface area contributed by atoms with Gasteiger partial charge in [-0.25, -0.2) is 8.42 Å². The molecule has 0 aromatic heterocycles. The number of nitrogens with one attached hydrogen (secondary N) is 3. The summed E-state index contributed by atoms with van der Waals surface area (Å²) in [6.45, 7) is 5.91. The fourth-order valence-electron chi connectivity index (χ4n) is 3.02. The summed E-state index contributed by atoms with van der Waals surface area (Å²) >= 11 is 0. The highest BCUT2D eigenvalue weighted by Gasteiger charge is 2.17. The summed E-state index contributed by atoms with van der Waals surface area (Å²) in [5.41, 5.74) is 3.68. The van der Waals surface area contributed by atoms with E-state index in [1.165, 1.54) is 5.57 Å². The van der Waals surface area contributed by atoms with Gasteiger partial charge in [0.15, 0.2) is 0 Å². The van der Waals surface area contributed by atoms with E-state index in [9.17, 15) is 13.2 Å². The van der Waals surface area contributed by atoms with Crippen molar-refractivity contribution >= 4 is 21.6 Å². The molecule has 1 heterocycles. The Morgan fingerprint density at radius 1 is 1.11 bits per heavy atom. The van der Waals surface area contributed by atoms with Gasteiger partial charge in [0, 0.05) is 24.3 Å². The van der Waals surface area contributed by atoms with Gasteiger partial charge in [0.1, 0.15) is 0 Å². The van der Waals surface area contributed by atoms with E-state index in [1.54, 1.807) is 43.3 Å². The molecule has 2 aromatic rings. The molecule has 3 rings (SSSR count). The SMILES string of the molecule is Cc1ccc(C)c(S(=O)(=O)Nc2ccc(C(=O)NCC3=CCNCC3)cc2)c1. The van der Waals surface area contributed by atoms with Crippen molar-refractivity contribution in [3.63, 3.8) is 0 Å². The van der Waals surface area contributed by atoms with Crippen LogP contribution in [0.25, 0.3) is 0 Å². The van der Waals surface area contributed by atoms with Crippen LogP contribution in [0.3, 0.4) is 0 Å². The monoisotopic (exact) mass is 399 g/mol. The maximum atomic E-state index is 12.7. The molecule has 0 radical (unpaired) electrons. The summed E-state index contributed by atoms with van der Waals surface area (Å²) in [5, 5.41) is 6.13. The van der Waals surface area contributed by atoms with Gasteiger partial charge in [-0.2, -0.15) is 0 Å². The molecule has 3 N–H and O–H groups in total. The second kappa shape index (κ2) is 8.58. The van der Waals surface area contributed by atoms with Gasteiger partial charge in [-0.05, 0) is 68.3 Å². The Kier molecular flexibility index (Phi) is 6.16. The van der Waals surface area contributed by atoms with E-state index < -0.39 is 10.0 Å². The molecule has 1 aliphatic rings. The maximum Gasteiger partial charge on any atom is 0.262 e. The van der Waals surface area contributed by atoms with Crippen LogP contribution < -0.4 is 15.4 Å². The first-order valence-electron chi connectivity index (χ1n) is 9.22. The van der Waals surface area contributed by atoms with Crippen LogP contribution in [-0.4, -0.2) is 34.0 Å². The van der Waals surface area contributed by atoms with Crippen LogP contribution in [0.5, 0.6) is 0 Å². The lowest BCUT2D eigenvalue weighted by molar-refractivity contribution is 0.0956. The average molecular weight is 400 g/mol. The van der Waals surface area contributed by atoms with Crippen molar-refractivity contribution in [2.24, 2.45) is 0 Å². The smallest absolute Gasteiger partial charge is 0.262 e. The van der Waals surface area contributed by atoms with Gasteiger partial charge in [0.25, 0.3) is 15.9 Å². The Morgan fingerprint density at radius 2 is 1.86 bits per heavy atom. The molecule has 0 saturated heterocycles. The highest BCUT2D eigenvalue weighted by molar-refractivity contribution is 7.92. The van der Waals surface area contributed by atoms with Gasteiger partial charge in [0.2, 0.25) is 0 Å². The van der Waals surface area contributed by atoms with Gasteiger partial charge in [-0.3, -0.25) is 9.52 Å². The molecule has 1 aliphatic heterocycles. The van der Waals surface area contributed by atoms with E-state index >= 15 is 0 Å². The van der Waals surface area contributed by atoms with Crippen molar-refractivity contribution in [2.45, 2.75) is 25.2 Å². The van der Waals surface area contributed by atoms with Crippen molar-refractivity contribution in [1.82, 2.24) is 10.6 Å². The Bertz CT molecular complexity index is 996. The minimum atomic E-state index is -3.69. The third kappa shape index (κ3) is 4.99. The minimum absolute atomic E-state index is 0.177. The Labute approximate surface area is 166 Å². The molecule has 0 atom stereocenters. The zero-order valence-corrected chi connectivity index (χ0v) is 16.9. The van der Waals surface area contributed by atoms with Crippen LogP contribution in [-0.2, 0) is 10.0 Å². The van der Waals surface area contributed by atoms with Crippen LogP contribution in [0.4, 0.5) is 5.69 Å². The zero-order chi connectivity index (χ0) is 20.1. The van der Waals surface area contributed by atoms with Crippen LogP contribution in [0.15, 0.2) is 59.0 Å². The number of benzene rings is 2. The van der Waals surface area contributed by atoms with E-state index in [0.29, 0.717) is 23.4 Å². The molecule has 148 valence electrons. The second-order valence-corrected chi connectivity index (χ2v) is 8.60. The van der Waals surface area contributed by atoms with Gasteiger partial charge in [0.05, 0.1) is 4.90 Å². The maximum absolute atomic E-state index is 12.7. The predicted octanol–water partition coefficient (Wildman–Crippen LogP) is 2.75. The first-order chi connectivity index (χ1) is 13.3. The highest BCUT2D eigenvalue weighted by Crippen LogP contribution is 2.21. The number of rotatable bonds is 6. The summed E-state index contributed by atoms with van der Waals surface area (Å²) in [5.74, 6) is -0.177. The molecule has 0 unspecified atom stereocenters. The van der Waals surface area contributed by atoms with Crippen LogP contribution in [0.2, 0.25) is 0 Å². The van der Waals surface area contributed by atoms with Crippen LogP contribution >= 0.6 is 0 Å². The van der Waals surface area contributed by atoms with E-state index in [4.69, 9.17) is 0 Å². The summed E-state index contributed by atoms with van der Waals surface area (Å²) in [4.78, 5) is 12.5. The Balaban J connectivity index is 1.66. The molecule has 6 nitrogen and oxygen atoms in total. The summed E-state index contributed by atoms with van der Waals surface area (Å²) in [6, 6.07) is 11.7. The van der Waals surface area contributed by atoms with E-state index in [0.717, 1.165) is 25.1 Å². The van der Waals surface area contributed by atoms with Gasteiger partial charge < -0.3 is 10.6 Å². The predicted molar refractivity (Wildman–Crippen MR) is 111 cm³/mol.